The molecule has 1 saturated heterocycles. The molecule has 19 heavy (non-hydrogen) atoms. The van der Waals surface area contributed by atoms with Crippen molar-refractivity contribution in [2.45, 2.75) is 38.9 Å². The van der Waals surface area contributed by atoms with Crippen molar-refractivity contribution >= 4 is 11.8 Å². The Morgan fingerprint density at radius 2 is 2.47 bits per heavy atom. The summed E-state index contributed by atoms with van der Waals surface area (Å²) in [5.41, 5.74) is 1.03. The number of thioether (sulfide) groups is 1. The highest BCUT2D eigenvalue weighted by Gasteiger charge is 2.19. The molecule has 6 heteroatoms. The summed E-state index contributed by atoms with van der Waals surface area (Å²) in [7, 11) is 2.22. The summed E-state index contributed by atoms with van der Waals surface area (Å²) in [4.78, 5) is 2.46. The minimum atomic E-state index is 0.749. The van der Waals surface area contributed by atoms with Gasteiger partial charge < -0.3 is 10.2 Å². The molecule has 1 aliphatic heterocycles. The molecule has 0 amide bonds. The van der Waals surface area contributed by atoms with Gasteiger partial charge in [0, 0.05) is 31.1 Å². The summed E-state index contributed by atoms with van der Waals surface area (Å²) in [5.74, 6) is 2.59. The van der Waals surface area contributed by atoms with Gasteiger partial charge in [0.2, 0.25) is 0 Å². The van der Waals surface area contributed by atoms with Crippen LogP contribution in [-0.2, 0) is 13.1 Å². The van der Waals surface area contributed by atoms with E-state index < -0.39 is 0 Å². The third-order valence-corrected chi connectivity index (χ3v) is 4.67. The average Bonchev–Trinajstić information content (AvgIpc) is 3.08. The van der Waals surface area contributed by atoms with Crippen LogP contribution in [0.2, 0.25) is 0 Å². The predicted octanol–water partition coefficient (Wildman–Crippen LogP) is 1.21. The first-order valence-electron chi connectivity index (χ1n) is 7.17. The van der Waals surface area contributed by atoms with Gasteiger partial charge in [0.05, 0.1) is 12.2 Å². The van der Waals surface area contributed by atoms with E-state index in [1.165, 1.54) is 17.9 Å². The normalized spacial score (nSPS) is 19.4. The maximum atomic E-state index is 4.19. The van der Waals surface area contributed by atoms with Crippen molar-refractivity contribution in [2.24, 2.45) is 0 Å². The van der Waals surface area contributed by atoms with Crippen LogP contribution in [0.4, 0.5) is 0 Å². The monoisotopic (exact) mass is 283 g/mol. The van der Waals surface area contributed by atoms with Crippen LogP contribution >= 0.6 is 11.8 Å². The van der Waals surface area contributed by atoms with Crippen LogP contribution in [0.15, 0.2) is 6.20 Å². The molecular formula is C13H25N5S. The fourth-order valence-corrected chi connectivity index (χ4v) is 3.53. The van der Waals surface area contributed by atoms with Crippen LogP contribution in [0.25, 0.3) is 0 Å². The third-order valence-electron chi connectivity index (χ3n) is 3.53. The lowest BCUT2D eigenvalue weighted by Crippen LogP contribution is -2.34. The Labute approximate surface area is 120 Å². The molecule has 1 atom stereocenters. The quantitative estimate of drug-likeness (QED) is 0.727. The van der Waals surface area contributed by atoms with Crippen molar-refractivity contribution in [3.63, 3.8) is 0 Å². The Morgan fingerprint density at radius 1 is 1.58 bits per heavy atom. The van der Waals surface area contributed by atoms with Gasteiger partial charge >= 0.3 is 0 Å². The van der Waals surface area contributed by atoms with Crippen LogP contribution in [0.5, 0.6) is 0 Å². The van der Waals surface area contributed by atoms with Crippen molar-refractivity contribution in [2.75, 3.05) is 31.6 Å². The lowest BCUT2D eigenvalue weighted by Gasteiger charge is -2.22. The van der Waals surface area contributed by atoms with E-state index in [9.17, 15) is 0 Å². The summed E-state index contributed by atoms with van der Waals surface area (Å²) in [6.45, 7) is 6.01. The Bertz CT molecular complexity index is 362. The number of nitrogens with one attached hydrogen (secondary N) is 1. The molecule has 0 bridgehead atoms. The molecule has 1 aromatic heterocycles. The van der Waals surface area contributed by atoms with E-state index in [-0.39, 0.29) is 0 Å². The molecule has 0 saturated carbocycles. The Balaban J connectivity index is 1.70. The summed E-state index contributed by atoms with van der Waals surface area (Å²) in [6, 6.07) is 0.749. The average molecular weight is 283 g/mol. The van der Waals surface area contributed by atoms with Crippen LogP contribution in [-0.4, -0.2) is 57.6 Å². The van der Waals surface area contributed by atoms with Crippen LogP contribution in [0, 0.1) is 0 Å². The summed E-state index contributed by atoms with van der Waals surface area (Å²) < 4.78 is 1.96. The lowest BCUT2D eigenvalue weighted by atomic mass is 10.2. The predicted molar refractivity (Wildman–Crippen MR) is 80.4 cm³/mol. The summed E-state index contributed by atoms with van der Waals surface area (Å²) in [6.07, 6.45) is 4.53. The minimum absolute atomic E-state index is 0.749. The second-order valence-corrected chi connectivity index (χ2v) is 6.30. The highest BCUT2D eigenvalue weighted by Crippen LogP contribution is 2.21. The van der Waals surface area contributed by atoms with Crippen molar-refractivity contribution in [1.82, 2.24) is 25.2 Å². The van der Waals surface area contributed by atoms with Gasteiger partial charge in [-0.1, -0.05) is 12.1 Å². The van der Waals surface area contributed by atoms with E-state index in [0.29, 0.717) is 0 Å². The highest BCUT2D eigenvalue weighted by atomic mass is 32.2. The number of hydrogen-bond donors (Lipinski definition) is 1. The number of aromatic nitrogens is 3. The molecule has 0 spiro atoms. The second kappa shape index (κ2) is 7.87. The maximum absolute atomic E-state index is 4.19. The molecule has 1 fully saturated rings. The van der Waals surface area contributed by atoms with E-state index >= 15 is 0 Å². The molecule has 1 N–H and O–H groups in total. The first-order chi connectivity index (χ1) is 9.29. The topological polar surface area (TPSA) is 46.0 Å². The maximum Gasteiger partial charge on any atom is 0.0964 e. The van der Waals surface area contributed by atoms with Gasteiger partial charge in [-0.15, -0.1) is 5.10 Å². The first kappa shape index (κ1) is 14.8. The van der Waals surface area contributed by atoms with Gasteiger partial charge in [-0.3, -0.25) is 4.68 Å². The van der Waals surface area contributed by atoms with Gasteiger partial charge in [-0.25, -0.2) is 0 Å². The fourth-order valence-electron chi connectivity index (χ4n) is 2.23. The van der Waals surface area contributed by atoms with Crippen LogP contribution < -0.4 is 5.32 Å². The van der Waals surface area contributed by atoms with Gasteiger partial charge in [0.1, 0.15) is 0 Å². The van der Waals surface area contributed by atoms with Crippen LogP contribution in [0.1, 0.15) is 25.5 Å². The molecular weight excluding hydrogens is 258 g/mol. The summed E-state index contributed by atoms with van der Waals surface area (Å²) in [5, 5.41) is 11.7. The fraction of sp³-hybridized carbons (Fsp3) is 0.846. The van der Waals surface area contributed by atoms with Crippen LogP contribution in [0.3, 0.4) is 0 Å². The largest absolute Gasteiger partial charge is 0.311 e. The molecule has 2 heterocycles. The van der Waals surface area contributed by atoms with Gasteiger partial charge in [-0.2, -0.15) is 11.8 Å². The lowest BCUT2D eigenvalue weighted by molar-refractivity contribution is 0.248. The Morgan fingerprint density at radius 3 is 3.21 bits per heavy atom. The molecule has 1 aliphatic rings. The van der Waals surface area contributed by atoms with E-state index in [1.807, 2.05) is 4.68 Å². The Hall–Kier alpha value is -0.590. The zero-order valence-corrected chi connectivity index (χ0v) is 12.8. The number of hydrogen-bond acceptors (Lipinski definition) is 5. The molecule has 1 aromatic rings. The smallest absolute Gasteiger partial charge is 0.0964 e. The van der Waals surface area contributed by atoms with E-state index in [1.54, 1.807) is 0 Å². The molecule has 108 valence electrons. The van der Waals surface area contributed by atoms with Crippen molar-refractivity contribution in [1.29, 1.82) is 0 Å². The van der Waals surface area contributed by atoms with E-state index in [0.717, 1.165) is 44.3 Å². The zero-order valence-electron chi connectivity index (χ0n) is 12.0. The van der Waals surface area contributed by atoms with Gasteiger partial charge in [0.25, 0.3) is 0 Å². The van der Waals surface area contributed by atoms with Crippen molar-refractivity contribution < 1.29 is 0 Å². The first-order valence-corrected chi connectivity index (χ1v) is 8.32. The number of likely N-dealkylation sites (N-methyl/N-ethyl adjacent to an activating group) is 1. The second-order valence-electron chi connectivity index (χ2n) is 5.15. The van der Waals surface area contributed by atoms with E-state index in [2.05, 4.69) is 52.5 Å². The molecule has 5 nitrogen and oxygen atoms in total. The molecule has 2 rings (SSSR count). The van der Waals surface area contributed by atoms with Gasteiger partial charge in [-0.05, 0) is 32.2 Å². The number of rotatable bonds is 8. The number of nitrogens with zero attached hydrogens (tertiary/aromatic N) is 4. The van der Waals surface area contributed by atoms with Crippen molar-refractivity contribution in [3.05, 3.63) is 11.9 Å². The summed E-state index contributed by atoms with van der Waals surface area (Å²) >= 11 is 2.06. The molecule has 1 unspecified atom stereocenters. The Kier molecular flexibility index (Phi) is 6.13. The standard InChI is InChI=1S/C13H25N5S/c1-3-5-14-9-12-10-18(16-15-12)7-6-17(2)13-4-8-19-11-13/h10,13-14H,3-9,11H2,1-2H3. The molecule has 0 radical (unpaired) electrons. The third kappa shape index (κ3) is 4.78. The molecule has 0 aliphatic carbocycles. The highest BCUT2D eigenvalue weighted by molar-refractivity contribution is 7.99. The van der Waals surface area contributed by atoms with E-state index in [4.69, 9.17) is 0 Å². The van der Waals surface area contributed by atoms with Gasteiger partial charge in [0.15, 0.2) is 0 Å². The van der Waals surface area contributed by atoms with Crippen molar-refractivity contribution in [3.8, 4) is 0 Å². The molecule has 0 aromatic carbocycles. The zero-order chi connectivity index (χ0) is 13.5. The minimum Gasteiger partial charge on any atom is -0.311 e. The SMILES string of the molecule is CCCNCc1cn(CCN(C)C2CCSC2)nn1.